The van der Waals surface area contributed by atoms with E-state index in [-0.39, 0.29) is 35.8 Å². The molecule has 3 amide bonds. The van der Waals surface area contributed by atoms with Crippen LogP contribution in [0.25, 0.3) is 10.9 Å². The van der Waals surface area contributed by atoms with Crippen molar-refractivity contribution in [3.05, 3.63) is 84.0 Å². The number of amides is 3. The zero-order valence-corrected chi connectivity index (χ0v) is 21.1. The molecule has 1 aliphatic heterocycles. The molecule has 3 N–H and O–H groups in total. The average Bonchev–Trinajstić information content (AvgIpc) is 3.30. The molecule has 0 spiro atoms. The summed E-state index contributed by atoms with van der Waals surface area (Å²) in [7, 11) is 3.04. The lowest BCUT2D eigenvalue weighted by molar-refractivity contribution is -0.889. The number of aromatic nitrogens is 1. The Bertz CT molecular complexity index is 1470. The number of rotatable bonds is 8. The lowest BCUT2D eigenvalue weighted by Crippen LogP contribution is -2.70. The summed E-state index contributed by atoms with van der Waals surface area (Å²) in [5, 5.41) is 3.39. The zero-order chi connectivity index (χ0) is 26.9. The van der Waals surface area contributed by atoms with Crippen LogP contribution in [0.4, 0.5) is 9.18 Å². The number of benzene rings is 2. The van der Waals surface area contributed by atoms with Crippen LogP contribution >= 0.6 is 0 Å². The van der Waals surface area contributed by atoms with Crippen LogP contribution in [-0.2, 0) is 11.3 Å². The van der Waals surface area contributed by atoms with Crippen LogP contribution in [0.2, 0.25) is 0 Å². The van der Waals surface area contributed by atoms with Crippen LogP contribution in [-0.4, -0.2) is 54.3 Å². The van der Waals surface area contributed by atoms with E-state index in [1.807, 2.05) is 30.3 Å². The number of quaternary nitrogens is 1. The number of nitrogens with two attached hydrogens (primary N) is 1. The fourth-order valence-corrected chi connectivity index (χ4v) is 5.29. The summed E-state index contributed by atoms with van der Waals surface area (Å²) in [5.74, 6) is -0.360. The summed E-state index contributed by atoms with van der Waals surface area (Å²) in [4.78, 5) is 30.6. The molecule has 2 unspecified atom stereocenters. The Morgan fingerprint density at radius 2 is 1.87 bits per heavy atom. The van der Waals surface area contributed by atoms with Gasteiger partial charge in [0.1, 0.15) is 18.8 Å². The van der Waals surface area contributed by atoms with Gasteiger partial charge in [-0.3, -0.25) is 15.1 Å². The summed E-state index contributed by atoms with van der Waals surface area (Å²) in [5.41, 5.74) is 5.69. The first-order chi connectivity index (χ1) is 18.3. The molecule has 9 nitrogen and oxygen atoms in total. The van der Waals surface area contributed by atoms with Crippen molar-refractivity contribution in [2.45, 2.75) is 18.5 Å². The molecule has 38 heavy (non-hydrogen) atoms. The number of pyridine rings is 1. The predicted octanol–water partition coefficient (Wildman–Crippen LogP) is 3.74. The lowest BCUT2D eigenvalue weighted by Gasteiger charge is -2.45. The van der Waals surface area contributed by atoms with Crippen molar-refractivity contribution in [1.82, 2.24) is 10.3 Å². The highest BCUT2D eigenvalue weighted by atomic mass is 19.1. The van der Waals surface area contributed by atoms with E-state index in [0.717, 1.165) is 11.6 Å². The molecule has 0 saturated carbocycles. The maximum atomic E-state index is 15.8. The third kappa shape index (κ3) is 4.03. The van der Waals surface area contributed by atoms with Gasteiger partial charge in [0, 0.05) is 35.7 Å². The standard InChI is InChI=1S/C28H27FN4O5/c1-36-24-14-19-21(15-25(24)37-2)31-11-9-22(19)38-23-8-10-28(26(30)34,16-20(23)29)33(13-12-32-27(33)35)17-18-6-4-3-5-7-18/h3-9,11,14-16H,10,12-13,17H2,1-2H3,(H2-,30,32,34,35)/p+1. The Hall–Kier alpha value is -4.44. The van der Waals surface area contributed by atoms with Crippen molar-refractivity contribution in [2.24, 2.45) is 5.73 Å². The monoisotopic (exact) mass is 519 g/mol. The minimum atomic E-state index is -1.63. The van der Waals surface area contributed by atoms with Crippen LogP contribution in [0.15, 0.2) is 78.5 Å². The van der Waals surface area contributed by atoms with Crippen molar-refractivity contribution in [1.29, 1.82) is 0 Å². The molecular weight excluding hydrogens is 491 g/mol. The first kappa shape index (κ1) is 25.2. The van der Waals surface area contributed by atoms with Gasteiger partial charge in [-0.05, 0) is 18.2 Å². The predicted molar refractivity (Wildman–Crippen MR) is 138 cm³/mol. The second kappa shape index (κ2) is 9.79. The zero-order valence-electron chi connectivity index (χ0n) is 21.1. The number of allylic oxidation sites excluding steroid dienone is 1. The highest BCUT2D eigenvalue weighted by Crippen LogP contribution is 2.42. The molecule has 1 saturated heterocycles. The van der Waals surface area contributed by atoms with Crippen LogP contribution in [0.5, 0.6) is 17.2 Å². The second-order valence-electron chi connectivity index (χ2n) is 9.26. The maximum Gasteiger partial charge on any atom is 0.418 e. The van der Waals surface area contributed by atoms with Crippen molar-refractivity contribution in [3.63, 3.8) is 0 Å². The van der Waals surface area contributed by atoms with Crippen LogP contribution < -0.4 is 25.3 Å². The topological polar surface area (TPSA) is 113 Å². The summed E-state index contributed by atoms with van der Waals surface area (Å²) in [6.07, 6.45) is 4.14. The van der Waals surface area contributed by atoms with Gasteiger partial charge in [-0.25, -0.2) is 13.7 Å². The first-order valence-electron chi connectivity index (χ1n) is 12.1. The number of nitrogens with zero attached hydrogens (tertiary/aromatic N) is 2. The summed E-state index contributed by atoms with van der Waals surface area (Å²) in [6, 6.07) is 13.9. The highest BCUT2D eigenvalue weighted by Gasteiger charge is 2.62. The Labute approximate surface area is 218 Å². The quantitative estimate of drug-likeness (QED) is 0.439. The lowest BCUT2D eigenvalue weighted by atomic mass is 9.84. The molecule has 2 aliphatic rings. The fourth-order valence-electron chi connectivity index (χ4n) is 5.29. The summed E-state index contributed by atoms with van der Waals surface area (Å²) in [6.45, 7) is 0.804. The molecule has 5 rings (SSSR count). The molecule has 1 fully saturated rings. The molecule has 196 valence electrons. The van der Waals surface area contributed by atoms with E-state index in [4.69, 9.17) is 19.9 Å². The number of hydrogen-bond acceptors (Lipinski definition) is 6. The number of nitrogens with one attached hydrogen (secondary N) is 1. The van der Waals surface area contributed by atoms with E-state index in [1.165, 1.54) is 26.5 Å². The number of urea groups is 1. The molecule has 1 aliphatic carbocycles. The van der Waals surface area contributed by atoms with Crippen molar-refractivity contribution < 1.29 is 32.7 Å². The van der Waals surface area contributed by atoms with Gasteiger partial charge in [0.05, 0.1) is 26.3 Å². The Morgan fingerprint density at radius 3 is 2.50 bits per heavy atom. The van der Waals surface area contributed by atoms with Gasteiger partial charge < -0.3 is 19.9 Å². The average molecular weight is 520 g/mol. The van der Waals surface area contributed by atoms with E-state index in [9.17, 15) is 9.59 Å². The van der Waals surface area contributed by atoms with E-state index < -0.39 is 17.3 Å². The van der Waals surface area contributed by atoms with Gasteiger partial charge in [0.15, 0.2) is 23.1 Å². The smallest absolute Gasteiger partial charge is 0.418 e. The van der Waals surface area contributed by atoms with Gasteiger partial charge >= 0.3 is 6.03 Å². The molecule has 0 bridgehead atoms. The van der Waals surface area contributed by atoms with Gasteiger partial charge in [-0.1, -0.05) is 30.3 Å². The molecule has 2 atom stereocenters. The number of halogens is 1. The third-order valence-corrected chi connectivity index (χ3v) is 7.27. The van der Waals surface area contributed by atoms with Crippen LogP contribution in [0, 0.1) is 0 Å². The van der Waals surface area contributed by atoms with Crippen LogP contribution in [0.3, 0.4) is 0 Å². The van der Waals surface area contributed by atoms with E-state index in [2.05, 4.69) is 10.3 Å². The van der Waals surface area contributed by atoms with Crippen molar-refractivity contribution in [2.75, 3.05) is 27.3 Å². The molecule has 1 aromatic heterocycles. The minimum Gasteiger partial charge on any atom is -0.493 e. The molecular formula is C28H28FN4O5+. The largest absolute Gasteiger partial charge is 0.493 e. The Morgan fingerprint density at radius 1 is 1.13 bits per heavy atom. The number of methoxy groups -OCH3 is 2. The number of fused-ring (bicyclic) bond motifs is 1. The highest BCUT2D eigenvalue weighted by molar-refractivity contribution is 5.90. The first-order valence-corrected chi connectivity index (χ1v) is 12.1. The fraction of sp³-hybridized carbons (Fsp3) is 0.250. The minimum absolute atomic E-state index is 0.0223. The molecule has 2 heterocycles. The SMILES string of the molecule is COc1cc2nccc(OC3=CCC(C(N)=O)([N+]4(Cc5ccccc5)CCNC4=O)C=C3F)c2cc1OC. The van der Waals surface area contributed by atoms with Gasteiger partial charge in [-0.2, -0.15) is 0 Å². The maximum absolute atomic E-state index is 15.8. The van der Waals surface area contributed by atoms with Crippen molar-refractivity contribution >= 4 is 22.8 Å². The summed E-state index contributed by atoms with van der Waals surface area (Å²) >= 11 is 0. The van der Waals surface area contributed by atoms with E-state index in [0.29, 0.717) is 34.7 Å². The number of hydrogen-bond donors (Lipinski definition) is 2. The normalized spacial score (nSPS) is 22.9. The van der Waals surface area contributed by atoms with Gasteiger partial charge in [0.2, 0.25) is 5.54 Å². The number of carbonyl (C=O) groups excluding carboxylic acids is 2. The number of ether oxygens (including phenoxy) is 3. The Kier molecular flexibility index (Phi) is 6.50. The molecule has 2 aromatic carbocycles. The van der Waals surface area contributed by atoms with E-state index in [1.54, 1.807) is 18.2 Å². The molecule has 3 aromatic rings. The summed E-state index contributed by atoms with van der Waals surface area (Å²) < 4.78 is 32.2. The number of primary amides is 1. The molecule has 0 radical (unpaired) electrons. The van der Waals surface area contributed by atoms with E-state index >= 15 is 4.39 Å². The van der Waals surface area contributed by atoms with Crippen molar-refractivity contribution in [3.8, 4) is 17.2 Å². The second-order valence-corrected chi connectivity index (χ2v) is 9.26. The number of carbonyl (C=O) groups is 2. The van der Waals surface area contributed by atoms with Crippen LogP contribution in [0.1, 0.15) is 12.0 Å². The van der Waals surface area contributed by atoms with Gasteiger partial charge in [-0.15, -0.1) is 0 Å². The third-order valence-electron chi connectivity index (χ3n) is 7.27. The Balaban J connectivity index is 1.53. The van der Waals surface area contributed by atoms with Gasteiger partial charge in [0.25, 0.3) is 5.91 Å². The molecule has 10 heteroatoms.